The van der Waals surface area contributed by atoms with Crippen LogP contribution in [0.4, 0.5) is 5.69 Å². The fraction of sp³-hybridized carbons (Fsp3) is 0.333. The summed E-state index contributed by atoms with van der Waals surface area (Å²) in [7, 11) is 0.323. The minimum Gasteiger partial charge on any atom is -0.493 e. The quantitative estimate of drug-likeness (QED) is 0.421. The number of aryl methyl sites for hydroxylation is 1. The van der Waals surface area contributed by atoms with E-state index in [4.69, 9.17) is 23.0 Å². The number of anilines is 1. The van der Waals surface area contributed by atoms with Gasteiger partial charge in [0.25, 0.3) is 0 Å². The third-order valence-electron chi connectivity index (χ3n) is 5.41. The third-order valence-corrected chi connectivity index (χ3v) is 7.34. The number of hydrogen-bond donors (Lipinski definition) is 2. The van der Waals surface area contributed by atoms with E-state index in [-0.39, 0.29) is 12.3 Å². The Balaban J connectivity index is 1.33. The average Bonchev–Trinajstić information content (AvgIpc) is 3.32. The zero-order valence-corrected chi connectivity index (χ0v) is 20.0. The highest BCUT2D eigenvalue weighted by Gasteiger charge is 2.30. The number of rotatable bonds is 9. The first-order valence-electron chi connectivity index (χ1n) is 10.9. The topological polar surface area (TPSA) is 112 Å². The van der Waals surface area contributed by atoms with E-state index in [1.165, 1.54) is 0 Å². The van der Waals surface area contributed by atoms with Gasteiger partial charge in [-0.1, -0.05) is 17.3 Å². The first-order chi connectivity index (χ1) is 16.5. The lowest BCUT2D eigenvalue weighted by molar-refractivity contribution is -0.116. The normalized spacial score (nSPS) is 15.0. The average molecular weight is 487 g/mol. The zero-order valence-electron chi connectivity index (χ0n) is 19.2. The summed E-state index contributed by atoms with van der Waals surface area (Å²) in [6.45, 7) is 1.02. The fourth-order valence-corrected chi connectivity index (χ4v) is 5.41. The summed E-state index contributed by atoms with van der Waals surface area (Å²) in [5.41, 5.74) is 3.17. The summed E-state index contributed by atoms with van der Waals surface area (Å²) in [6, 6.07) is 12.8. The molecule has 0 bridgehead atoms. The van der Waals surface area contributed by atoms with Crippen LogP contribution in [-0.2, 0) is 26.4 Å². The van der Waals surface area contributed by atoms with E-state index in [1.807, 2.05) is 24.3 Å². The molecule has 0 spiro atoms. The van der Waals surface area contributed by atoms with Crippen LogP contribution in [0.3, 0.4) is 0 Å². The second-order valence-electron chi connectivity index (χ2n) is 7.81. The van der Waals surface area contributed by atoms with Crippen molar-refractivity contribution in [2.24, 2.45) is 0 Å². The number of benzene rings is 2. The molecule has 2 aromatic carbocycles. The summed E-state index contributed by atoms with van der Waals surface area (Å²) in [5.74, 6) is 1.66. The SMILES string of the molecule is COc1ccc(-c2oncc2CCC(=O)Nc2ccc(C[P]3(O)OCCCO3)cc2)cc1OC. The Morgan fingerprint density at radius 1 is 1.09 bits per heavy atom. The lowest BCUT2D eigenvalue weighted by atomic mass is 10.0. The maximum Gasteiger partial charge on any atom is 0.235 e. The number of ether oxygens (including phenoxy) is 2. The van der Waals surface area contributed by atoms with Gasteiger partial charge in [-0.05, 0) is 48.7 Å². The van der Waals surface area contributed by atoms with Crippen molar-refractivity contribution in [2.45, 2.75) is 25.4 Å². The largest absolute Gasteiger partial charge is 0.493 e. The van der Waals surface area contributed by atoms with Gasteiger partial charge in [0, 0.05) is 23.2 Å². The summed E-state index contributed by atoms with van der Waals surface area (Å²) < 4.78 is 27.0. The van der Waals surface area contributed by atoms with E-state index in [2.05, 4.69) is 10.5 Å². The molecule has 3 aromatic rings. The van der Waals surface area contributed by atoms with Crippen LogP contribution in [0.15, 0.2) is 53.2 Å². The first-order valence-corrected chi connectivity index (χ1v) is 12.7. The highest BCUT2D eigenvalue weighted by molar-refractivity contribution is 7.59. The number of methoxy groups -OCH3 is 2. The molecule has 181 valence electrons. The number of nitrogens with one attached hydrogen (secondary N) is 1. The van der Waals surface area contributed by atoms with E-state index in [0.717, 1.165) is 23.1 Å². The number of carbonyl (C=O) groups is 1. The highest BCUT2D eigenvalue weighted by Crippen LogP contribution is 2.61. The van der Waals surface area contributed by atoms with Gasteiger partial charge >= 0.3 is 0 Å². The van der Waals surface area contributed by atoms with E-state index in [1.54, 1.807) is 38.6 Å². The molecular weight excluding hydrogens is 459 g/mol. The molecule has 1 aliphatic rings. The standard InChI is InChI=1S/C24H28N2O7P/c1-29-21-10-6-18(14-22(21)30-2)24-19(15-25-33-24)7-11-23(27)26-20-8-4-17(5-9-20)16-34(28)31-12-3-13-32-34/h4-6,8-10,14-15,28H,3,7,11-13,16H2,1-2H3,(H,26,27). The van der Waals surface area contributed by atoms with Crippen LogP contribution in [-0.4, -0.2) is 43.4 Å². The highest BCUT2D eigenvalue weighted by atomic mass is 31.2. The molecule has 1 aliphatic heterocycles. The van der Waals surface area contributed by atoms with Crippen LogP contribution < -0.4 is 14.8 Å². The first kappa shape index (κ1) is 24.2. The smallest absolute Gasteiger partial charge is 0.235 e. The maximum absolute atomic E-state index is 12.5. The van der Waals surface area contributed by atoms with Gasteiger partial charge in [-0.2, -0.15) is 0 Å². The van der Waals surface area contributed by atoms with E-state index < -0.39 is 7.94 Å². The van der Waals surface area contributed by atoms with Crippen molar-refractivity contribution in [3.05, 3.63) is 59.8 Å². The summed E-state index contributed by atoms with van der Waals surface area (Å²) in [4.78, 5) is 23.0. The van der Waals surface area contributed by atoms with Crippen LogP contribution in [0.5, 0.6) is 11.5 Å². The summed E-state index contributed by atoms with van der Waals surface area (Å²) in [6.07, 6.45) is 3.46. The van der Waals surface area contributed by atoms with E-state index in [0.29, 0.717) is 48.7 Å². The van der Waals surface area contributed by atoms with Crippen molar-refractivity contribution in [1.29, 1.82) is 0 Å². The van der Waals surface area contributed by atoms with Gasteiger partial charge in [0.15, 0.2) is 17.3 Å². The predicted octanol–water partition coefficient (Wildman–Crippen LogP) is 4.62. The second-order valence-corrected chi connectivity index (χ2v) is 9.92. The number of nitrogens with zero attached hydrogens (tertiary/aromatic N) is 1. The van der Waals surface area contributed by atoms with Gasteiger partial charge in [-0.15, -0.1) is 0 Å². The van der Waals surface area contributed by atoms with Gasteiger partial charge in [0.05, 0.1) is 39.8 Å². The monoisotopic (exact) mass is 487 g/mol. The van der Waals surface area contributed by atoms with Crippen molar-refractivity contribution < 1.29 is 32.7 Å². The van der Waals surface area contributed by atoms with Crippen molar-refractivity contribution in [3.63, 3.8) is 0 Å². The molecule has 2 heterocycles. The molecule has 0 atom stereocenters. The van der Waals surface area contributed by atoms with Crippen LogP contribution in [0.25, 0.3) is 11.3 Å². The van der Waals surface area contributed by atoms with Gasteiger partial charge in [0.2, 0.25) is 13.9 Å². The molecule has 0 unspecified atom stereocenters. The molecule has 10 heteroatoms. The zero-order chi connectivity index (χ0) is 24.0. The molecule has 0 aliphatic carbocycles. The lowest BCUT2D eigenvalue weighted by Crippen LogP contribution is -2.14. The van der Waals surface area contributed by atoms with Crippen LogP contribution in [0, 0.1) is 0 Å². The van der Waals surface area contributed by atoms with E-state index in [9.17, 15) is 9.69 Å². The Labute approximate surface area is 198 Å². The lowest BCUT2D eigenvalue weighted by Gasteiger charge is -2.32. The van der Waals surface area contributed by atoms with Crippen molar-refractivity contribution in [3.8, 4) is 22.8 Å². The van der Waals surface area contributed by atoms with Gasteiger partial charge in [-0.25, -0.2) is 0 Å². The molecule has 2 N–H and O–H groups in total. The molecule has 34 heavy (non-hydrogen) atoms. The van der Waals surface area contributed by atoms with Gasteiger partial charge in [-0.3, -0.25) is 4.79 Å². The second kappa shape index (κ2) is 11.0. The van der Waals surface area contributed by atoms with E-state index >= 15 is 0 Å². The minimum absolute atomic E-state index is 0.128. The summed E-state index contributed by atoms with van der Waals surface area (Å²) in [5, 5.41) is 6.80. The molecule has 1 amide bonds. The van der Waals surface area contributed by atoms with Crippen molar-refractivity contribution >= 4 is 19.5 Å². The molecule has 1 fully saturated rings. The summed E-state index contributed by atoms with van der Waals surface area (Å²) >= 11 is 0. The van der Waals surface area contributed by atoms with Crippen LogP contribution >= 0.6 is 7.94 Å². The molecule has 9 nitrogen and oxygen atoms in total. The third kappa shape index (κ3) is 5.93. The molecular formula is C24H28N2O7P. The minimum atomic E-state index is -2.82. The molecule has 0 saturated carbocycles. The molecule has 1 aromatic heterocycles. The number of aromatic nitrogens is 1. The van der Waals surface area contributed by atoms with Crippen LogP contribution in [0.1, 0.15) is 24.0 Å². The predicted molar refractivity (Wildman–Crippen MR) is 128 cm³/mol. The molecule has 1 saturated heterocycles. The van der Waals surface area contributed by atoms with Gasteiger partial charge < -0.3 is 33.3 Å². The van der Waals surface area contributed by atoms with Crippen LogP contribution in [0.2, 0.25) is 0 Å². The maximum atomic E-state index is 12.5. The molecule has 4 rings (SSSR count). The Bertz CT molecular complexity index is 1110. The van der Waals surface area contributed by atoms with Gasteiger partial charge in [0.1, 0.15) is 0 Å². The Kier molecular flexibility index (Phi) is 7.80. The molecule has 1 radical (unpaired) electrons. The Hall–Kier alpha value is -2.97. The number of amides is 1. The Morgan fingerprint density at radius 2 is 1.82 bits per heavy atom. The fourth-order valence-electron chi connectivity index (χ4n) is 3.65. The number of hydrogen-bond acceptors (Lipinski definition) is 8. The number of carbonyl (C=O) groups excluding carboxylic acids is 1. The van der Waals surface area contributed by atoms with Crippen molar-refractivity contribution in [2.75, 3.05) is 32.8 Å². The Morgan fingerprint density at radius 3 is 2.53 bits per heavy atom. The van der Waals surface area contributed by atoms with Crippen molar-refractivity contribution in [1.82, 2.24) is 5.16 Å².